The molecule has 1 aromatic heterocycles. The molecule has 11 heteroatoms. The summed E-state index contributed by atoms with van der Waals surface area (Å²) < 4.78 is 56.9. The minimum Gasteiger partial charge on any atom is -0.494 e. The van der Waals surface area contributed by atoms with Crippen LogP contribution in [0, 0.1) is 6.92 Å². The number of fused-ring (bicyclic) bond motifs is 2. The Bertz CT molecular complexity index is 1560. The van der Waals surface area contributed by atoms with Crippen molar-refractivity contribution in [3.63, 3.8) is 0 Å². The summed E-state index contributed by atoms with van der Waals surface area (Å²) in [6.45, 7) is 2.04. The topological polar surface area (TPSA) is 135 Å². The van der Waals surface area contributed by atoms with E-state index in [9.17, 15) is 16.8 Å². The van der Waals surface area contributed by atoms with Gasteiger partial charge in [0, 0.05) is 16.8 Å². The second kappa shape index (κ2) is 9.84. The van der Waals surface area contributed by atoms with Crippen LogP contribution in [0.4, 0.5) is 17.1 Å². The van der Waals surface area contributed by atoms with Gasteiger partial charge in [-0.3, -0.25) is 9.27 Å². The molecule has 0 bridgehead atoms. The largest absolute Gasteiger partial charge is 0.494 e. The third-order valence-electron chi connectivity index (χ3n) is 4.68. The van der Waals surface area contributed by atoms with E-state index in [0.717, 1.165) is 45.0 Å². The zero-order valence-corrected chi connectivity index (χ0v) is 20.7. The van der Waals surface area contributed by atoms with E-state index < -0.39 is 20.1 Å². The predicted octanol–water partition coefficient (Wildman–Crippen LogP) is 4.32. The number of para-hydroxylation sites is 2. The lowest BCUT2D eigenvalue weighted by Gasteiger charge is -2.17. The summed E-state index contributed by atoms with van der Waals surface area (Å²) in [4.78, 5) is 4.83. The van der Waals surface area contributed by atoms with Crippen molar-refractivity contribution in [3.8, 4) is 5.75 Å². The lowest BCUT2D eigenvalue weighted by molar-refractivity contribution is 0.417. The highest BCUT2D eigenvalue weighted by Crippen LogP contribution is 2.37. The molecule has 180 valence electrons. The summed E-state index contributed by atoms with van der Waals surface area (Å²) in [6.07, 6.45) is 1.83. The fraction of sp³-hybridized carbons (Fsp3) is 0.174. The highest BCUT2D eigenvalue weighted by Gasteiger charge is 2.13. The Kier molecular flexibility index (Phi) is 7.29. The second-order valence-electron chi connectivity index (χ2n) is 7.62. The van der Waals surface area contributed by atoms with Gasteiger partial charge in [0.15, 0.2) is 0 Å². The molecule has 4 aromatic rings. The van der Waals surface area contributed by atoms with Gasteiger partial charge in [0.1, 0.15) is 5.75 Å². The normalized spacial score (nSPS) is 11.6. The smallest absolute Gasteiger partial charge is 0.261 e. The Morgan fingerprint density at radius 2 is 1.56 bits per heavy atom. The summed E-state index contributed by atoms with van der Waals surface area (Å²) in [5.41, 5.74) is 5.02. The number of aromatic nitrogens is 1. The fourth-order valence-corrected chi connectivity index (χ4v) is 3.95. The van der Waals surface area contributed by atoms with Crippen LogP contribution in [0.15, 0.2) is 60.7 Å². The van der Waals surface area contributed by atoms with Crippen LogP contribution in [0.1, 0.15) is 5.56 Å². The first-order chi connectivity index (χ1) is 15.9. The van der Waals surface area contributed by atoms with Crippen LogP contribution in [0.2, 0.25) is 0 Å². The van der Waals surface area contributed by atoms with Crippen molar-refractivity contribution < 1.29 is 26.1 Å². The SMILES string of the molecule is COc1cc(NS(C)(=O)=O)ccc1Nc1c2ccccc2nc2c(C)cccc12.CS(=O)(=O)O. The van der Waals surface area contributed by atoms with E-state index in [2.05, 4.69) is 10.0 Å². The minimum atomic E-state index is -3.67. The molecule has 0 saturated heterocycles. The number of ether oxygens (including phenoxy) is 1. The molecule has 0 fully saturated rings. The maximum Gasteiger partial charge on any atom is 0.261 e. The number of hydrogen-bond acceptors (Lipinski definition) is 7. The van der Waals surface area contributed by atoms with Gasteiger partial charge in [0.05, 0.1) is 47.7 Å². The number of rotatable bonds is 5. The van der Waals surface area contributed by atoms with E-state index in [0.29, 0.717) is 17.7 Å². The first-order valence-corrected chi connectivity index (χ1v) is 13.7. The van der Waals surface area contributed by atoms with Crippen LogP contribution in [0.5, 0.6) is 5.75 Å². The molecule has 0 atom stereocenters. The Morgan fingerprint density at radius 1 is 0.912 bits per heavy atom. The number of pyridine rings is 1. The molecular formula is C23H25N3O6S2. The van der Waals surface area contributed by atoms with E-state index in [1.807, 2.05) is 49.4 Å². The number of nitrogens with one attached hydrogen (secondary N) is 2. The molecule has 34 heavy (non-hydrogen) atoms. The van der Waals surface area contributed by atoms with Crippen LogP contribution in [-0.4, -0.2) is 46.0 Å². The molecule has 3 N–H and O–H groups in total. The molecule has 0 amide bonds. The summed E-state index contributed by atoms with van der Waals surface area (Å²) in [7, 11) is -5.48. The van der Waals surface area contributed by atoms with Gasteiger partial charge in [-0.05, 0) is 30.7 Å². The third kappa shape index (κ3) is 6.56. The van der Waals surface area contributed by atoms with Crippen LogP contribution in [-0.2, 0) is 20.1 Å². The average Bonchev–Trinajstić information content (AvgIpc) is 2.73. The maximum absolute atomic E-state index is 11.5. The van der Waals surface area contributed by atoms with Crippen LogP contribution >= 0.6 is 0 Å². The molecule has 0 aliphatic carbocycles. The Labute approximate surface area is 198 Å². The molecule has 9 nitrogen and oxygen atoms in total. The number of benzene rings is 3. The quantitative estimate of drug-likeness (QED) is 0.271. The number of anilines is 3. The summed E-state index contributed by atoms with van der Waals surface area (Å²) in [5.74, 6) is 0.528. The van der Waals surface area contributed by atoms with Crippen LogP contribution in [0.3, 0.4) is 0 Å². The molecule has 0 aliphatic rings. The van der Waals surface area contributed by atoms with Crippen LogP contribution in [0.25, 0.3) is 21.8 Å². The maximum atomic E-state index is 11.5. The first kappa shape index (κ1) is 25.2. The highest BCUT2D eigenvalue weighted by molar-refractivity contribution is 7.92. The van der Waals surface area contributed by atoms with E-state index >= 15 is 0 Å². The van der Waals surface area contributed by atoms with Gasteiger partial charge in [-0.25, -0.2) is 13.4 Å². The van der Waals surface area contributed by atoms with Crippen molar-refractivity contribution in [2.75, 3.05) is 29.7 Å². The number of methoxy groups -OCH3 is 1. The number of nitrogens with zero attached hydrogens (tertiary/aromatic N) is 1. The first-order valence-electron chi connectivity index (χ1n) is 9.99. The van der Waals surface area contributed by atoms with Gasteiger partial charge < -0.3 is 10.1 Å². The average molecular weight is 504 g/mol. The van der Waals surface area contributed by atoms with Crippen molar-refractivity contribution >= 4 is 59.0 Å². The standard InChI is InChI=1S/C22H21N3O3S.CH4O3S/c1-14-7-6-9-17-21(14)23-18-10-5-4-8-16(18)22(17)24-19-12-11-15(13-20(19)28-2)25-29(3,26)27;1-5(2,3)4/h4-13,25H,1-3H3,(H,23,24);1H3,(H,2,3,4). The van der Waals surface area contributed by atoms with Crippen molar-refractivity contribution in [1.29, 1.82) is 0 Å². The molecule has 0 radical (unpaired) electrons. The zero-order valence-electron chi connectivity index (χ0n) is 19.0. The van der Waals surface area contributed by atoms with Crippen LogP contribution < -0.4 is 14.8 Å². The molecule has 0 saturated carbocycles. The van der Waals surface area contributed by atoms with E-state index in [4.69, 9.17) is 14.3 Å². The number of aryl methyl sites for hydroxylation is 1. The third-order valence-corrected chi connectivity index (χ3v) is 5.28. The second-order valence-corrected chi connectivity index (χ2v) is 10.8. The van der Waals surface area contributed by atoms with Gasteiger partial charge >= 0.3 is 0 Å². The highest BCUT2D eigenvalue weighted by atomic mass is 32.2. The lowest BCUT2D eigenvalue weighted by Crippen LogP contribution is -2.09. The Balaban J connectivity index is 0.000000588. The van der Waals surface area contributed by atoms with Gasteiger partial charge in [-0.15, -0.1) is 0 Å². The molecular weight excluding hydrogens is 478 g/mol. The summed E-state index contributed by atoms with van der Waals surface area (Å²) in [5, 5.41) is 5.48. The molecule has 4 rings (SSSR count). The molecule has 1 heterocycles. The number of hydrogen-bond donors (Lipinski definition) is 3. The fourth-order valence-electron chi connectivity index (χ4n) is 3.40. The predicted molar refractivity (Wildman–Crippen MR) is 136 cm³/mol. The zero-order chi connectivity index (χ0) is 25.1. The Morgan fingerprint density at radius 3 is 2.21 bits per heavy atom. The van der Waals surface area contributed by atoms with Gasteiger partial charge in [0.25, 0.3) is 10.1 Å². The van der Waals surface area contributed by atoms with Crippen molar-refractivity contribution in [2.45, 2.75) is 6.92 Å². The molecule has 0 spiro atoms. The van der Waals surface area contributed by atoms with Gasteiger partial charge in [-0.2, -0.15) is 8.42 Å². The lowest BCUT2D eigenvalue weighted by atomic mass is 10.0. The van der Waals surface area contributed by atoms with E-state index in [1.54, 1.807) is 25.3 Å². The van der Waals surface area contributed by atoms with Crippen molar-refractivity contribution in [2.24, 2.45) is 0 Å². The number of sulfonamides is 1. The van der Waals surface area contributed by atoms with Crippen molar-refractivity contribution in [1.82, 2.24) is 4.98 Å². The van der Waals surface area contributed by atoms with E-state index in [1.165, 1.54) is 0 Å². The summed E-state index contributed by atoms with van der Waals surface area (Å²) >= 11 is 0. The minimum absolute atomic E-state index is 0.440. The van der Waals surface area contributed by atoms with Gasteiger partial charge in [0.2, 0.25) is 10.0 Å². The Hall–Kier alpha value is -3.41. The summed E-state index contributed by atoms with van der Waals surface area (Å²) in [6, 6.07) is 19.2. The molecule has 0 aliphatic heterocycles. The molecule has 3 aromatic carbocycles. The van der Waals surface area contributed by atoms with E-state index in [-0.39, 0.29) is 0 Å². The van der Waals surface area contributed by atoms with Gasteiger partial charge in [-0.1, -0.05) is 36.4 Å². The van der Waals surface area contributed by atoms with Crippen molar-refractivity contribution in [3.05, 3.63) is 66.2 Å². The monoisotopic (exact) mass is 503 g/mol. The molecule has 0 unspecified atom stereocenters.